The molecule has 0 N–H and O–H groups in total. The Labute approximate surface area is 110 Å². The quantitative estimate of drug-likeness (QED) is 0.737. The molecule has 0 saturated heterocycles. The summed E-state index contributed by atoms with van der Waals surface area (Å²) in [6.45, 7) is 13.8. The van der Waals surface area contributed by atoms with Crippen molar-refractivity contribution in [3.63, 3.8) is 0 Å². The van der Waals surface area contributed by atoms with Crippen molar-refractivity contribution >= 4 is 0 Å². The number of hydrogen-bond donors (Lipinski definition) is 0. The molecule has 18 heavy (non-hydrogen) atoms. The molecule has 0 fully saturated rings. The third kappa shape index (κ3) is 2.80. The lowest BCUT2D eigenvalue weighted by atomic mass is 9.82. The molecule has 2 nitrogen and oxygen atoms in total. The van der Waals surface area contributed by atoms with E-state index >= 15 is 0 Å². The summed E-state index contributed by atoms with van der Waals surface area (Å²) in [6.07, 6.45) is 1.05. The van der Waals surface area contributed by atoms with Crippen LogP contribution in [0.25, 0.3) is 0 Å². The van der Waals surface area contributed by atoms with Crippen molar-refractivity contribution < 1.29 is 9.47 Å². The zero-order chi connectivity index (χ0) is 13.6. The van der Waals surface area contributed by atoms with Gasteiger partial charge in [-0.25, -0.2) is 0 Å². The van der Waals surface area contributed by atoms with Gasteiger partial charge in [0.05, 0.1) is 0 Å². The molecule has 0 aliphatic carbocycles. The van der Waals surface area contributed by atoms with Gasteiger partial charge in [0, 0.05) is 5.56 Å². The molecule has 0 atom stereocenters. The van der Waals surface area contributed by atoms with Crippen molar-refractivity contribution in [3.8, 4) is 11.5 Å². The minimum Gasteiger partial charge on any atom is -0.454 e. The molecule has 0 saturated carbocycles. The van der Waals surface area contributed by atoms with Gasteiger partial charge in [-0.15, -0.1) is 0 Å². The van der Waals surface area contributed by atoms with Crippen LogP contribution >= 0.6 is 0 Å². The highest BCUT2D eigenvalue weighted by atomic mass is 16.7. The van der Waals surface area contributed by atoms with Crippen LogP contribution in [0.15, 0.2) is 12.1 Å². The normalized spacial score (nSPS) is 15.0. The molecule has 0 bridgehead atoms. The summed E-state index contributed by atoms with van der Waals surface area (Å²) in [7, 11) is 0. The van der Waals surface area contributed by atoms with E-state index in [4.69, 9.17) is 9.47 Å². The van der Waals surface area contributed by atoms with Gasteiger partial charge in [-0.2, -0.15) is 0 Å². The third-order valence-corrected chi connectivity index (χ3v) is 3.07. The van der Waals surface area contributed by atoms with Crippen LogP contribution in [0.1, 0.15) is 52.7 Å². The molecule has 0 aromatic heterocycles. The molecule has 0 amide bonds. The van der Waals surface area contributed by atoms with Crippen molar-refractivity contribution in [3.05, 3.63) is 23.3 Å². The fourth-order valence-electron chi connectivity index (χ4n) is 2.34. The molecule has 0 spiro atoms. The van der Waals surface area contributed by atoms with Crippen molar-refractivity contribution in [2.45, 2.75) is 53.4 Å². The van der Waals surface area contributed by atoms with E-state index in [9.17, 15) is 0 Å². The first-order valence-electron chi connectivity index (χ1n) is 6.60. The van der Waals surface area contributed by atoms with Gasteiger partial charge in [-0.05, 0) is 28.9 Å². The van der Waals surface area contributed by atoms with Crippen LogP contribution in [0.3, 0.4) is 0 Å². The van der Waals surface area contributed by atoms with Gasteiger partial charge in [-0.1, -0.05) is 47.6 Å². The molecule has 1 heterocycles. The minimum absolute atomic E-state index is 0.0751. The first-order valence-corrected chi connectivity index (χ1v) is 6.60. The molecule has 1 aliphatic heterocycles. The molecule has 0 radical (unpaired) electrons. The Balaban J connectivity index is 2.46. The van der Waals surface area contributed by atoms with Crippen LogP contribution < -0.4 is 9.47 Å². The van der Waals surface area contributed by atoms with Crippen molar-refractivity contribution in [2.75, 3.05) is 6.79 Å². The molecule has 1 aromatic rings. The van der Waals surface area contributed by atoms with E-state index in [0.717, 1.165) is 17.9 Å². The van der Waals surface area contributed by atoms with E-state index in [1.54, 1.807) is 0 Å². The maximum absolute atomic E-state index is 5.62. The second kappa shape index (κ2) is 4.18. The molecular formula is C16H24O2. The monoisotopic (exact) mass is 248 g/mol. The van der Waals surface area contributed by atoms with Crippen LogP contribution in [0.4, 0.5) is 0 Å². The van der Waals surface area contributed by atoms with Gasteiger partial charge in [0.15, 0.2) is 11.5 Å². The van der Waals surface area contributed by atoms with Crippen LogP contribution in [-0.4, -0.2) is 6.79 Å². The molecule has 1 aliphatic rings. The first kappa shape index (κ1) is 13.3. The second-order valence-electron chi connectivity index (χ2n) is 7.36. The lowest BCUT2D eigenvalue weighted by Gasteiger charge is -2.24. The van der Waals surface area contributed by atoms with Gasteiger partial charge < -0.3 is 9.47 Å². The molecule has 1 aromatic carbocycles. The number of fused-ring (bicyclic) bond motifs is 1. The maximum Gasteiger partial charge on any atom is 0.231 e. The van der Waals surface area contributed by atoms with E-state index in [2.05, 4.69) is 53.7 Å². The first-order chi connectivity index (χ1) is 8.17. The zero-order valence-corrected chi connectivity index (χ0v) is 12.4. The molecule has 2 heteroatoms. The highest BCUT2D eigenvalue weighted by molar-refractivity contribution is 5.53. The van der Waals surface area contributed by atoms with Crippen molar-refractivity contribution in [1.29, 1.82) is 0 Å². The molecule has 100 valence electrons. The van der Waals surface area contributed by atoms with Crippen LogP contribution in [0.5, 0.6) is 11.5 Å². The predicted octanol–water partition coefficient (Wildman–Crippen LogP) is 4.30. The highest BCUT2D eigenvalue weighted by Crippen LogP contribution is 2.43. The molecule has 0 unspecified atom stereocenters. The third-order valence-electron chi connectivity index (χ3n) is 3.07. The summed E-state index contributed by atoms with van der Waals surface area (Å²) >= 11 is 0. The second-order valence-corrected chi connectivity index (χ2v) is 7.36. The van der Waals surface area contributed by atoms with Crippen LogP contribution in [0.2, 0.25) is 0 Å². The summed E-state index contributed by atoms with van der Waals surface area (Å²) < 4.78 is 11.2. The molecule has 2 rings (SSSR count). The van der Waals surface area contributed by atoms with Gasteiger partial charge in [0.1, 0.15) is 0 Å². The van der Waals surface area contributed by atoms with E-state index in [1.807, 2.05) is 0 Å². The fraction of sp³-hybridized carbons (Fsp3) is 0.625. The summed E-state index contributed by atoms with van der Waals surface area (Å²) in [5, 5.41) is 0. The lowest BCUT2D eigenvalue weighted by Crippen LogP contribution is -2.14. The van der Waals surface area contributed by atoms with E-state index in [-0.39, 0.29) is 10.8 Å². The minimum atomic E-state index is 0.0751. The Morgan fingerprint density at radius 3 is 2.22 bits per heavy atom. The van der Waals surface area contributed by atoms with Crippen LogP contribution in [0, 0.1) is 5.41 Å². The van der Waals surface area contributed by atoms with E-state index in [0.29, 0.717) is 6.79 Å². The van der Waals surface area contributed by atoms with Gasteiger partial charge in [0.25, 0.3) is 0 Å². The Bertz CT molecular complexity index is 447. The average molecular weight is 248 g/mol. The van der Waals surface area contributed by atoms with E-state index in [1.165, 1.54) is 11.1 Å². The smallest absolute Gasteiger partial charge is 0.231 e. The number of rotatable bonds is 1. The lowest BCUT2D eigenvalue weighted by molar-refractivity contribution is 0.172. The fourth-order valence-corrected chi connectivity index (χ4v) is 2.34. The van der Waals surface area contributed by atoms with Gasteiger partial charge in [0.2, 0.25) is 6.79 Å². The topological polar surface area (TPSA) is 18.5 Å². The Morgan fingerprint density at radius 1 is 1.00 bits per heavy atom. The molecular weight excluding hydrogens is 224 g/mol. The van der Waals surface area contributed by atoms with E-state index < -0.39 is 0 Å². The van der Waals surface area contributed by atoms with Gasteiger partial charge >= 0.3 is 0 Å². The zero-order valence-electron chi connectivity index (χ0n) is 12.4. The highest BCUT2D eigenvalue weighted by Gasteiger charge is 2.27. The maximum atomic E-state index is 5.62. The van der Waals surface area contributed by atoms with Gasteiger partial charge in [-0.3, -0.25) is 0 Å². The predicted molar refractivity (Wildman–Crippen MR) is 74.4 cm³/mol. The Morgan fingerprint density at radius 2 is 1.67 bits per heavy atom. The Kier molecular flexibility index (Phi) is 3.08. The number of benzene rings is 1. The number of ether oxygens (including phenoxy) is 2. The van der Waals surface area contributed by atoms with Crippen molar-refractivity contribution in [1.82, 2.24) is 0 Å². The van der Waals surface area contributed by atoms with Crippen LogP contribution in [-0.2, 0) is 11.8 Å². The number of hydrogen-bond acceptors (Lipinski definition) is 2. The standard InChI is InChI=1S/C16H24O2/c1-15(2,3)9-11-7-12(16(4,5)6)14-13(8-11)17-10-18-14/h7-8H,9-10H2,1-6H3. The average Bonchev–Trinajstić information content (AvgIpc) is 2.59. The van der Waals surface area contributed by atoms with Crippen molar-refractivity contribution in [2.24, 2.45) is 5.41 Å². The summed E-state index contributed by atoms with van der Waals surface area (Å²) in [5.74, 6) is 1.84. The summed E-state index contributed by atoms with van der Waals surface area (Å²) in [6, 6.07) is 4.40. The Hall–Kier alpha value is -1.18. The summed E-state index contributed by atoms with van der Waals surface area (Å²) in [4.78, 5) is 0. The summed E-state index contributed by atoms with van der Waals surface area (Å²) in [5.41, 5.74) is 2.93. The SMILES string of the molecule is CC(C)(C)Cc1cc2c(c(C(C)(C)C)c1)OCO2. The largest absolute Gasteiger partial charge is 0.454 e.